The van der Waals surface area contributed by atoms with E-state index >= 15 is 0 Å². The van der Waals surface area contributed by atoms with Crippen LogP contribution < -0.4 is 5.73 Å². The molecule has 1 aromatic heterocycles. The molecular weight excluding hydrogens is 204 g/mol. The predicted octanol–water partition coefficient (Wildman–Crippen LogP) is 2.40. The maximum absolute atomic E-state index is 6.17. The van der Waals surface area contributed by atoms with Gasteiger partial charge in [-0.2, -0.15) is 0 Å². The fourth-order valence-electron chi connectivity index (χ4n) is 2.02. The first-order valence-electron chi connectivity index (χ1n) is 5.42. The second-order valence-electron chi connectivity index (χ2n) is 4.20. The largest absolute Gasteiger partial charge is 0.322 e. The van der Waals surface area contributed by atoms with E-state index in [-0.39, 0.29) is 6.04 Å². The lowest BCUT2D eigenvalue weighted by Gasteiger charge is -2.28. The van der Waals surface area contributed by atoms with Crippen molar-refractivity contribution >= 4 is 11.3 Å². The molecule has 0 aromatic carbocycles. The maximum atomic E-state index is 6.17. The molecule has 2 heterocycles. The highest BCUT2D eigenvalue weighted by Crippen LogP contribution is 2.19. The van der Waals surface area contributed by atoms with Crippen molar-refractivity contribution in [3.63, 3.8) is 0 Å². The van der Waals surface area contributed by atoms with Crippen LogP contribution in [0.15, 0.2) is 29.2 Å². The Labute approximate surface area is 95.4 Å². The van der Waals surface area contributed by atoms with Gasteiger partial charge in [0, 0.05) is 24.5 Å². The molecule has 82 valence electrons. The Morgan fingerprint density at radius 1 is 1.60 bits per heavy atom. The summed E-state index contributed by atoms with van der Waals surface area (Å²) >= 11 is 1.75. The van der Waals surface area contributed by atoms with Gasteiger partial charge in [0.05, 0.1) is 6.04 Å². The molecule has 0 radical (unpaired) electrons. The molecule has 2 rings (SSSR count). The highest BCUT2D eigenvalue weighted by Gasteiger charge is 2.15. The van der Waals surface area contributed by atoms with E-state index in [0.717, 1.165) is 19.6 Å². The number of nitrogens with zero attached hydrogens (tertiary/aromatic N) is 1. The van der Waals surface area contributed by atoms with Crippen LogP contribution in [0.5, 0.6) is 0 Å². The van der Waals surface area contributed by atoms with Gasteiger partial charge in [0.2, 0.25) is 0 Å². The predicted molar refractivity (Wildman–Crippen MR) is 66.1 cm³/mol. The molecule has 1 aliphatic heterocycles. The zero-order chi connectivity index (χ0) is 10.7. The molecule has 0 saturated carbocycles. The number of rotatable bonds is 3. The SMILES string of the molecule is CC1=CCCN(CC(N)c2cccs2)C1. The third kappa shape index (κ3) is 2.91. The summed E-state index contributed by atoms with van der Waals surface area (Å²) in [5, 5.41) is 2.09. The molecule has 1 aromatic rings. The highest BCUT2D eigenvalue weighted by molar-refractivity contribution is 7.10. The topological polar surface area (TPSA) is 29.3 Å². The third-order valence-electron chi connectivity index (χ3n) is 2.77. The molecule has 1 aliphatic rings. The van der Waals surface area contributed by atoms with E-state index in [1.54, 1.807) is 11.3 Å². The van der Waals surface area contributed by atoms with Crippen molar-refractivity contribution in [1.82, 2.24) is 4.90 Å². The van der Waals surface area contributed by atoms with Crippen LogP contribution in [0.25, 0.3) is 0 Å². The molecule has 3 heteroatoms. The molecular formula is C12H18N2S. The van der Waals surface area contributed by atoms with Gasteiger partial charge in [0.1, 0.15) is 0 Å². The molecule has 0 spiro atoms. The minimum Gasteiger partial charge on any atom is -0.322 e. The van der Waals surface area contributed by atoms with E-state index in [4.69, 9.17) is 5.73 Å². The van der Waals surface area contributed by atoms with Crippen LogP contribution in [-0.4, -0.2) is 24.5 Å². The van der Waals surface area contributed by atoms with Gasteiger partial charge in [-0.05, 0) is 24.8 Å². The second kappa shape index (κ2) is 4.92. The average Bonchev–Trinajstić information content (AvgIpc) is 2.70. The summed E-state index contributed by atoms with van der Waals surface area (Å²) in [5.41, 5.74) is 7.64. The Kier molecular flexibility index (Phi) is 3.57. The molecule has 0 amide bonds. The molecule has 0 bridgehead atoms. The first kappa shape index (κ1) is 10.9. The Morgan fingerprint density at radius 2 is 2.47 bits per heavy atom. The van der Waals surface area contributed by atoms with Crippen molar-refractivity contribution in [3.8, 4) is 0 Å². The fourth-order valence-corrected chi connectivity index (χ4v) is 2.74. The lowest BCUT2D eigenvalue weighted by atomic mass is 10.1. The van der Waals surface area contributed by atoms with E-state index in [9.17, 15) is 0 Å². The quantitative estimate of drug-likeness (QED) is 0.796. The van der Waals surface area contributed by atoms with E-state index in [2.05, 4.69) is 35.4 Å². The fraction of sp³-hybridized carbons (Fsp3) is 0.500. The van der Waals surface area contributed by atoms with Crippen LogP contribution >= 0.6 is 11.3 Å². The van der Waals surface area contributed by atoms with Gasteiger partial charge < -0.3 is 5.73 Å². The summed E-state index contributed by atoms with van der Waals surface area (Å²) in [4.78, 5) is 3.74. The minimum absolute atomic E-state index is 0.177. The van der Waals surface area contributed by atoms with Crippen LogP contribution in [0, 0.1) is 0 Å². The second-order valence-corrected chi connectivity index (χ2v) is 5.18. The van der Waals surface area contributed by atoms with E-state index in [1.807, 2.05) is 0 Å². The van der Waals surface area contributed by atoms with E-state index in [0.29, 0.717) is 0 Å². The first-order chi connectivity index (χ1) is 7.25. The van der Waals surface area contributed by atoms with Crippen LogP contribution in [0.3, 0.4) is 0 Å². The first-order valence-corrected chi connectivity index (χ1v) is 6.30. The smallest absolute Gasteiger partial charge is 0.0519 e. The van der Waals surface area contributed by atoms with Crippen molar-refractivity contribution in [3.05, 3.63) is 34.0 Å². The number of hydrogen-bond donors (Lipinski definition) is 1. The van der Waals surface area contributed by atoms with Crippen LogP contribution in [0.1, 0.15) is 24.3 Å². The number of hydrogen-bond acceptors (Lipinski definition) is 3. The molecule has 0 fully saturated rings. The van der Waals surface area contributed by atoms with Gasteiger partial charge in [-0.25, -0.2) is 0 Å². The normalized spacial score (nSPS) is 20.0. The minimum atomic E-state index is 0.177. The van der Waals surface area contributed by atoms with E-state index in [1.165, 1.54) is 16.9 Å². The highest BCUT2D eigenvalue weighted by atomic mass is 32.1. The Bertz CT molecular complexity index is 329. The summed E-state index contributed by atoms with van der Waals surface area (Å²) in [7, 11) is 0. The molecule has 1 atom stereocenters. The summed E-state index contributed by atoms with van der Waals surface area (Å²) in [6.45, 7) is 5.41. The van der Waals surface area contributed by atoms with Gasteiger partial charge >= 0.3 is 0 Å². The summed E-state index contributed by atoms with van der Waals surface area (Å²) in [6.07, 6.45) is 3.50. The Balaban J connectivity index is 1.90. The molecule has 0 aliphatic carbocycles. The molecule has 2 N–H and O–H groups in total. The van der Waals surface area contributed by atoms with E-state index < -0.39 is 0 Å². The van der Waals surface area contributed by atoms with Crippen molar-refractivity contribution in [2.45, 2.75) is 19.4 Å². The van der Waals surface area contributed by atoms with Crippen LogP contribution in [0.2, 0.25) is 0 Å². The van der Waals surface area contributed by atoms with Crippen molar-refractivity contribution in [2.24, 2.45) is 5.73 Å². The number of thiophene rings is 1. The monoisotopic (exact) mass is 222 g/mol. The van der Waals surface area contributed by atoms with Gasteiger partial charge in [-0.1, -0.05) is 17.7 Å². The van der Waals surface area contributed by atoms with Crippen LogP contribution in [-0.2, 0) is 0 Å². The average molecular weight is 222 g/mol. The summed E-state index contributed by atoms with van der Waals surface area (Å²) in [5.74, 6) is 0. The number of nitrogens with two attached hydrogens (primary N) is 1. The van der Waals surface area contributed by atoms with Gasteiger partial charge in [-0.3, -0.25) is 4.90 Å². The van der Waals surface area contributed by atoms with Gasteiger partial charge in [0.25, 0.3) is 0 Å². The molecule has 2 nitrogen and oxygen atoms in total. The Hall–Kier alpha value is -0.640. The van der Waals surface area contributed by atoms with Crippen LogP contribution in [0.4, 0.5) is 0 Å². The Morgan fingerprint density at radius 3 is 3.13 bits per heavy atom. The van der Waals surface area contributed by atoms with Crippen molar-refractivity contribution < 1.29 is 0 Å². The lowest BCUT2D eigenvalue weighted by Crippen LogP contribution is -2.35. The molecule has 1 unspecified atom stereocenters. The maximum Gasteiger partial charge on any atom is 0.0519 e. The zero-order valence-corrected chi connectivity index (χ0v) is 9.96. The summed E-state index contributed by atoms with van der Waals surface area (Å²) in [6, 6.07) is 4.37. The van der Waals surface area contributed by atoms with Crippen molar-refractivity contribution in [1.29, 1.82) is 0 Å². The molecule has 0 saturated heterocycles. The van der Waals surface area contributed by atoms with Crippen molar-refractivity contribution in [2.75, 3.05) is 19.6 Å². The third-order valence-corrected chi connectivity index (χ3v) is 3.78. The standard InChI is InChI=1S/C12H18N2S/c1-10-4-2-6-14(8-10)9-11(13)12-5-3-7-15-12/h3-5,7,11H,2,6,8-9,13H2,1H3. The zero-order valence-electron chi connectivity index (χ0n) is 9.15. The van der Waals surface area contributed by atoms with Gasteiger partial charge in [0.15, 0.2) is 0 Å². The van der Waals surface area contributed by atoms with Gasteiger partial charge in [-0.15, -0.1) is 11.3 Å². The summed E-state index contributed by atoms with van der Waals surface area (Å²) < 4.78 is 0. The molecule has 15 heavy (non-hydrogen) atoms. The lowest BCUT2D eigenvalue weighted by molar-refractivity contribution is 0.274.